The number of thiazole rings is 1. The Morgan fingerprint density at radius 2 is 1.91 bits per heavy atom. The molecule has 4 heterocycles. The van der Waals surface area contributed by atoms with Gasteiger partial charge in [-0.05, 0) is 69.9 Å². The average Bonchev–Trinajstić information content (AvgIpc) is 3.65. The molecule has 0 aliphatic carbocycles. The fourth-order valence-electron chi connectivity index (χ4n) is 6.04. The predicted molar refractivity (Wildman–Crippen MR) is 187 cm³/mol. The molecular formula is C37H45N5O3S. The van der Waals surface area contributed by atoms with Gasteiger partial charge in [-0.15, -0.1) is 17.9 Å². The van der Waals surface area contributed by atoms with Crippen LogP contribution in [0.2, 0.25) is 0 Å². The third-order valence-corrected chi connectivity index (χ3v) is 9.50. The lowest BCUT2D eigenvalue weighted by Crippen LogP contribution is -2.40. The molecule has 1 saturated heterocycles. The fourth-order valence-corrected chi connectivity index (χ4v) is 6.93. The molecule has 9 heteroatoms. The quantitative estimate of drug-likeness (QED) is 0.124. The van der Waals surface area contributed by atoms with Crippen LogP contribution in [0.25, 0.3) is 16.3 Å². The van der Waals surface area contributed by atoms with Crippen LogP contribution in [-0.2, 0) is 22.4 Å². The Morgan fingerprint density at radius 1 is 1.20 bits per heavy atom. The molecule has 3 aromatic heterocycles. The number of anilines is 1. The van der Waals surface area contributed by atoms with Gasteiger partial charge in [0.05, 0.1) is 11.2 Å². The van der Waals surface area contributed by atoms with E-state index < -0.39 is 17.7 Å². The molecule has 1 aromatic carbocycles. The topological polar surface area (TPSA) is 92.8 Å². The van der Waals surface area contributed by atoms with Crippen molar-refractivity contribution in [3.05, 3.63) is 101 Å². The minimum atomic E-state index is -1.21. The molecule has 0 amide bonds. The molecule has 1 unspecified atom stereocenters. The van der Waals surface area contributed by atoms with Crippen molar-refractivity contribution in [2.75, 3.05) is 18.0 Å². The van der Waals surface area contributed by atoms with E-state index in [9.17, 15) is 9.90 Å². The van der Waals surface area contributed by atoms with Crippen LogP contribution in [-0.4, -0.2) is 49.3 Å². The number of aryl methyl sites for hydroxylation is 2. The maximum absolute atomic E-state index is 12.8. The standard InChI is InChI=1S/C37H45N5O3S/c1-8-10-14-26-15-12-13-16-27(26)22-28-24-38-33(46-28)29-23-30-39-25(3)31(32(35(43)44)45-36(4,5)6)34(42(30)40-29)41-20-18-37(7,19-21-41)17-11-9-2/h8-9,11-13,15-17,23-24,32H,1-2,10,14,18-22H2,3-7H3,(H,43,44)/b17-11+. The van der Waals surface area contributed by atoms with Crippen molar-refractivity contribution >= 4 is 28.8 Å². The van der Waals surface area contributed by atoms with Gasteiger partial charge < -0.3 is 14.7 Å². The number of aliphatic carboxylic acids is 1. The number of nitrogens with zero attached hydrogens (tertiary/aromatic N) is 5. The summed E-state index contributed by atoms with van der Waals surface area (Å²) >= 11 is 1.62. The summed E-state index contributed by atoms with van der Waals surface area (Å²) in [7, 11) is 0. The Kier molecular flexibility index (Phi) is 9.93. The molecule has 4 aromatic rings. The van der Waals surface area contributed by atoms with Crippen molar-refractivity contribution < 1.29 is 14.6 Å². The van der Waals surface area contributed by atoms with Crippen LogP contribution in [0.5, 0.6) is 0 Å². The number of ether oxygens (including phenoxy) is 1. The minimum absolute atomic E-state index is 0.0248. The number of allylic oxidation sites excluding steroid dienone is 4. The molecule has 5 rings (SSSR count). The summed E-state index contributed by atoms with van der Waals surface area (Å²) in [6.45, 7) is 18.9. The molecule has 1 fully saturated rings. The maximum Gasteiger partial charge on any atom is 0.337 e. The number of piperidine rings is 1. The number of carboxylic acid groups (broad SMARTS) is 1. The number of benzene rings is 1. The lowest BCUT2D eigenvalue weighted by Gasteiger charge is -2.40. The third-order valence-electron chi connectivity index (χ3n) is 8.48. The third kappa shape index (κ3) is 7.48. The highest BCUT2D eigenvalue weighted by Crippen LogP contribution is 2.40. The molecule has 0 saturated carbocycles. The number of carboxylic acids is 1. The summed E-state index contributed by atoms with van der Waals surface area (Å²) in [6, 6.07) is 10.5. The molecule has 1 aliphatic heterocycles. The number of hydrogen-bond acceptors (Lipinski definition) is 7. The van der Waals surface area contributed by atoms with E-state index >= 15 is 0 Å². The van der Waals surface area contributed by atoms with E-state index in [1.807, 2.05) is 58.2 Å². The van der Waals surface area contributed by atoms with E-state index in [0.717, 1.165) is 55.1 Å². The second kappa shape index (κ2) is 13.7. The smallest absolute Gasteiger partial charge is 0.337 e. The largest absolute Gasteiger partial charge is 0.479 e. The van der Waals surface area contributed by atoms with Gasteiger partial charge in [0, 0.05) is 42.3 Å². The zero-order valence-electron chi connectivity index (χ0n) is 27.6. The van der Waals surface area contributed by atoms with Gasteiger partial charge in [-0.25, -0.2) is 14.8 Å². The molecule has 0 spiro atoms. The number of fused-ring (bicyclic) bond motifs is 1. The van der Waals surface area contributed by atoms with Crippen LogP contribution >= 0.6 is 11.3 Å². The monoisotopic (exact) mass is 639 g/mol. The van der Waals surface area contributed by atoms with Crippen molar-refractivity contribution in [1.29, 1.82) is 0 Å². The minimum Gasteiger partial charge on any atom is -0.479 e. The highest BCUT2D eigenvalue weighted by Gasteiger charge is 2.37. The number of aromatic nitrogens is 4. The molecule has 1 N–H and O–H groups in total. The summed E-state index contributed by atoms with van der Waals surface area (Å²) in [5.41, 5.74) is 4.46. The van der Waals surface area contributed by atoms with Gasteiger partial charge in [0.25, 0.3) is 0 Å². The number of rotatable bonds is 12. The van der Waals surface area contributed by atoms with E-state index in [1.165, 1.54) is 11.1 Å². The first-order valence-electron chi connectivity index (χ1n) is 15.9. The Bertz CT molecular complexity index is 1750. The number of carbonyl (C=O) groups is 1. The van der Waals surface area contributed by atoms with Crippen LogP contribution < -0.4 is 4.90 Å². The summed E-state index contributed by atoms with van der Waals surface area (Å²) in [5, 5.41) is 16.3. The molecule has 0 bridgehead atoms. The van der Waals surface area contributed by atoms with E-state index in [4.69, 9.17) is 19.8 Å². The van der Waals surface area contributed by atoms with Crippen molar-refractivity contribution in [1.82, 2.24) is 19.6 Å². The van der Waals surface area contributed by atoms with Crippen LogP contribution in [0.15, 0.2) is 74.0 Å². The van der Waals surface area contributed by atoms with Gasteiger partial charge >= 0.3 is 5.97 Å². The van der Waals surface area contributed by atoms with E-state index in [2.05, 4.69) is 55.3 Å². The highest BCUT2D eigenvalue weighted by molar-refractivity contribution is 7.15. The summed E-state index contributed by atoms with van der Waals surface area (Å²) in [4.78, 5) is 25.8. The van der Waals surface area contributed by atoms with Crippen molar-refractivity contribution in [2.45, 2.75) is 78.4 Å². The van der Waals surface area contributed by atoms with Crippen LogP contribution in [0, 0.1) is 12.3 Å². The first-order valence-corrected chi connectivity index (χ1v) is 16.7. The summed E-state index contributed by atoms with van der Waals surface area (Å²) in [6.07, 6.45) is 13.2. The SMILES string of the molecule is C=C/C=C/C1(C)CCN(c2c(C(OC(C)(C)C)C(=O)O)c(C)nc3cc(-c4ncc(Cc5ccccc5CCC=C)s4)nn23)CC1. The second-order valence-corrected chi connectivity index (χ2v) is 14.4. The first-order chi connectivity index (χ1) is 21.9. The Morgan fingerprint density at radius 3 is 2.57 bits per heavy atom. The van der Waals surface area contributed by atoms with Gasteiger partial charge in [-0.3, -0.25) is 0 Å². The van der Waals surface area contributed by atoms with E-state index in [1.54, 1.807) is 15.9 Å². The normalized spacial score (nSPS) is 15.8. The predicted octanol–water partition coefficient (Wildman–Crippen LogP) is 8.16. The zero-order chi connectivity index (χ0) is 33.1. The Labute approximate surface area is 276 Å². The van der Waals surface area contributed by atoms with Crippen molar-refractivity contribution in [3.8, 4) is 10.7 Å². The first kappa shape index (κ1) is 33.3. The van der Waals surface area contributed by atoms with E-state index in [-0.39, 0.29) is 5.41 Å². The van der Waals surface area contributed by atoms with Gasteiger partial charge in [0.2, 0.25) is 0 Å². The van der Waals surface area contributed by atoms with Gasteiger partial charge in [0.1, 0.15) is 16.5 Å². The lowest BCUT2D eigenvalue weighted by atomic mass is 9.80. The molecule has 242 valence electrons. The highest BCUT2D eigenvalue weighted by atomic mass is 32.1. The Balaban J connectivity index is 1.56. The maximum atomic E-state index is 12.8. The molecule has 1 aliphatic rings. The van der Waals surface area contributed by atoms with E-state index in [0.29, 0.717) is 28.4 Å². The van der Waals surface area contributed by atoms with Gasteiger partial charge in [0.15, 0.2) is 11.8 Å². The van der Waals surface area contributed by atoms with Gasteiger partial charge in [-0.2, -0.15) is 9.61 Å². The summed E-state index contributed by atoms with van der Waals surface area (Å²) in [5.74, 6) is -0.338. The second-order valence-electron chi connectivity index (χ2n) is 13.3. The number of hydrogen-bond donors (Lipinski definition) is 1. The molecule has 0 radical (unpaired) electrons. The van der Waals surface area contributed by atoms with Crippen molar-refractivity contribution in [2.24, 2.45) is 5.41 Å². The van der Waals surface area contributed by atoms with Crippen LogP contribution in [0.4, 0.5) is 5.82 Å². The fraction of sp³-hybridized carbons (Fsp3) is 0.405. The van der Waals surface area contributed by atoms with Gasteiger partial charge in [-0.1, -0.05) is 62.1 Å². The van der Waals surface area contributed by atoms with Crippen LogP contribution in [0.1, 0.15) is 80.3 Å². The zero-order valence-corrected chi connectivity index (χ0v) is 28.4. The summed E-state index contributed by atoms with van der Waals surface area (Å²) < 4.78 is 7.98. The Hall–Kier alpha value is -4.08. The van der Waals surface area contributed by atoms with Crippen LogP contribution in [0.3, 0.4) is 0 Å². The molecule has 46 heavy (non-hydrogen) atoms. The molecular weight excluding hydrogens is 595 g/mol. The lowest BCUT2D eigenvalue weighted by molar-refractivity contribution is -0.160. The molecule has 1 atom stereocenters. The van der Waals surface area contributed by atoms with Crippen molar-refractivity contribution in [3.63, 3.8) is 0 Å². The molecule has 8 nitrogen and oxygen atoms in total. The average molecular weight is 640 g/mol.